The number of carbonyl (C=O) groups is 1. The van der Waals surface area contributed by atoms with Crippen molar-refractivity contribution in [1.82, 2.24) is 5.32 Å². The average molecular weight is 265 g/mol. The highest BCUT2D eigenvalue weighted by molar-refractivity contribution is 7.99. The molecule has 1 amide bonds. The molecule has 18 heavy (non-hydrogen) atoms. The van der Waals surface area contributed by atoms with E-state index in [1.165, 1.54) is 0 Å². The van der Waals surface area contributed by atoms with E-state index in [2.05, 4.69) is 10.2 Å². The zero-order valence-electron chi connectivity index (χ0n) is 10.6. The van der Waals surface area contributed by atoms with E-state index in [1.807, 2.05) is 30.8 Å². The van der Waals surface area contributed by atoms with E-state index < -0.39 is 0 Å². The van der Waals surface area contributed by atoms with Crippen molar-refractivity contribution in [3.8, 4) is 0 Å². The van der Waals surface area contributed by atoms with Crippen LogP contribution in [0, 0.1) is 0 Å². The summed E-state index contributed by atoms with van der Waals surface area (Å²) in [6, 6.07) is 5.50. The maximum atomic E-state index is 12.0. The molecule has 1 fully saturated rings. The van der Waals surface area contributed by atoms with Crippen molar-refractivity contribution in [3.63, 3.8) is 0 Å². The molecule has 1 heterocycles. The maximum absolute atomic E-state index is 12.0. The second kappa shape index (κ2) is 6.00. The number of nitrogen functional groups attached to an aromatic ring is 1. The van der Waals surface area contributed by atoms with Crippen LogP contribution in [0.5, 0.6) is 0 Å². The van der Waals surface area contributed by atoms with Crippen LogP contribution in [0.3, 0.4) is 0 Å². The predicted molar refractivity (Wildman–Crippen MR) is 78.4 cm³/mol. The van der Waals surface area contributed by atoms with Gasteiger partial charge in [0.25, 0.3) is 5.91 Å². The number of rotatable bonds is 3. The van der Waals surface area contributed by atoms with E-state index in [9.17, 15) is 4.79 Å². The summed E-state index contributed by atoms with van der Waals surface area (Å²) in [7, 11) is 0. The lowest BCUT2D eigenvalue weighted by molar-refractivity contribution is 0.0956. The average Bonchev–Trinajstić information content (AvgIpc) is 2.40. The van der Waals surface area contributed by atoms with Crippen LogP contribution in [-0.2, 0) is 0 Å². The van der Waals surface area contributed by atoms with Crippen LogP contribution < -0.4 is 16.0 Å². The maximum Gasteiger partial charge on any atom is 0.253 e. The molecule has 0 unspecified atom stereocenters. The number of hydrogen-bond acceptors (Lipinski definition) is 4. The highest BCUT2D eigenvalue weighted by atomic mass is 32.2. The van der Waals surface area contributed by atoms with Crippen LogP contribution in [0.1, 0.15) is 17.3 Å². The lowest BCUT2D eigenvalue weighted by Gasteiger charge is -2.30. The summed E-state index contributed by atoms with van der Waals surface area (Å²) in [6.45, 7) is 4.51. The number of nitrogens with zero attached hydrogens (tertiary/aromatic N) is 1. The molecule has 1 aliphatic heterocycles. The van der Waals surface area contributed by atoms with Gasteiger partial charge in [0, 0.05) is 36.8 Å². The van der Waals surface area contributed by atoms with E-state index in [1.54, 1.807) is 6.07 Å². The number of nitrogens with two attached hydrogens (primary N) is 1. The number of amides is 1. The van der Waals surface area contributed by atoms with Crippen molar-refractivity contribution in [1.29, 1.82) is 0 Å². The monoisotopic (exact) mass is 265 g/mol. The molecule has 0 bridgehead atoms. The molecule has 5 heteroatoms. The molecule has 3 N–H and O–H groups in total. The van der Waals surface area contributed by atoms with E-state index in [0.717, 1.165) is 35.8 Å². The zero-order chi connectivity index (χ0) is 13.0. The van der Waals surface area contributed by atoms with Gasteiger partial charge in [0.15, 0.2) is 0 Å². The standard InChI is InChI=1S/C13H19N3OS/c1-2-15-13(17)11-4-3-10(14)9-12(11)16-5-7-18-8-6-16/h3-4,9H,2,5-8,14H2,1H3,(H,15,17). The fourth-order valence-electron chi connectivity index (χ4n) is 2.06. The molecule has 1 aromatic rings. The zero-order valence-corrected chi connectivity index (χ0v) is 11.4. The minimum atomic E-state index is -0.0225. The molecule has 0 saturated carbocycles. The van der Waals surface area contributed by atoms with Crippen molar-refractivity contribution >= 4 is 29.0 Å². The fourth-order valence-corrected chi connectivity index (χ4v) is 2.97. The molecule has 0 aliphatic carbocycles. The van der Waals surface area contributed by atoms with Gasteiger partial charge in [0.05, 0.1) is 11.3 Å². The van der Waals surface area contributed by atoms with Gasteiger partial charge in [0.2, 0.25) is 0 Å². The topological polar surface area (TPSA) is 58.4 Å². The van der Waals surface area contributed by atoms with E-state index in [-0.39, 0.29) is 5.91 Å². The predicted octanol–water partition coefficient (Wildman–Crippen LogP) is 1.57. The van der Waals surface area contributed by atoms with Gasteiger partial charge in [-0.3, -0.25) is 4.79 Å². The fraction of sp³-hybridized carbons (Fsp3) is 0.462. The summed E-state index contributed by atoms with van der Waals surface area (Å²) in [5.74, 6) is 2.18. The highest BCUT2D eigenvalue weighted by Crippen LogP contribution is 2.26. The Morgan fingerprint density at radius 2 is 2.17 bits per heavy atom. The first-order chi connectivity index (χ1) is 8.72. The van der Waals surface area contributed by atoms with Gasteiger partial charge >= 0.3 is 0 Å². The molecular weight excluding hydrogens is 246 g/mol. The minimum absolute atomic E-state index is 0.0225. The van der Waals surface area contributed by atoms with Gasteiger partial charge in [0.1, 0.15) is 0 Å². The SMILES string of the molecule is CCNC(=O)c1ccc(N)cc1N1CCSCC1. The quantitative estimate of drug-likeness (QED) is 0.815. The largest absolute Gasteiger partial charge is 0.399 e. The van der Waals surface area contributed by atoms with Crippen LogP contribution in [0.15, 0.2) is 18.2 Å². The Kier molecular flexibility index (Phi) is 4.36. The normalized spacial score (nSPS) is 15.5. The molecule has 0 atom stereocenters. The molecule has 2 rings (SSSR count). The second-order valence-corrected chi connectivity index (χ2v) is 5.46. The summed E-state index contributed by atoms with van der Waals surface area (Å²) >= 11 is 1.95. The smallest absolute Gasteiger partial charge is 0.253 e. The molecule has 1 saturated heterocycles. The Morgan fingerprint density at radius 3 is 2.83 bits per heavy atom. The van der Waals surface area contributed by atoms with Crippen molar-refractivity contribution < 1.29 is 4.79 Å². The summed E-state index contributed by atoms with van der Waals surface area (Å²) in [6.07, 6.45) is 0. The number of benzene rings is 1. The van der Waals surface area contributed by atoms with Gasteiger partial charge in [-0.25, -0.2) is 0 Å². The van der Waals surface area contributed by atoms with Crippen molar-refractivity contribution in [2.45, 2.75) is 6.92 Å². The first kappa shape index (κ1) is 13.1. The molecule has 1 aliphatic rings. The van der Waals surface area contributed by atoms with Gasteiger partial charge < -0.3 is 16.0 Å². The number of carbonyl (C=O) groups excluding carboxylic acids is 1. The van der Waals surface area contributed by atoms with Crippen LogP contribution in [0.4, 0.5) is 11.4 Å². The van der Waals surface area contributed by atoms with E-state index in [4.69, 9.17) is 5.73 Å². The Hall–Kier alpha value is -1.36. The minimum Gasteiger partial charge on any atom is -0.399 e. The third kappa shape index (κ3) is 2.90. The number of nitrogens with one attached hydrogen (secondary N) is 1. The van der Waals surface area contributed by atoms with Crippen LogP contribution in [0.2, 0.25) is 0 Å². The van der Waals surface area contributed by atoms with Crippen LogP contribution in [-0.4, -0.2) is 37.0 Å². The highest BCUT2D eigenvalue weighted by Gasteiger charge is 2.18. The molecular formula is C13H19N3OS. The Morgan fingerprint density at radius 1 is 1.44 bits per heavy atom. The van der Waals surface area contributed by atoms with E-state index in [0.29, 0.717) is 12.2 Å². The Bertz CT molecular complexity index is 430. The number of thioether (sulfide) groups is 1. The first-order valence-electron chi connectivity index (χ1n) is 6.22. The summed E-state index contributed by atoms with van der Waals surface area (Å²) in [4.78, 5) is 14.3. The third-order valence-corrected chi connectivity index (χ3v) is 3.90. The Balaban J connectivity index is 2.30. The first-order valence-corrected chi connectivity index (χ1v) is 7.38. The van der Waals surface area contributed by atoms with Gasteiger partial charge in [-0.05, 0) is 25.1 Å². The van der Waals surface area contributed by atoms with Crippen molar-refractivity contribution in [2.24, 2.45) is 0 Å². The molecule has 0 radical (unpaired) electrons. The van der Waals surface area contributed by atoms with Crippen LogP contribution in [0.25, 0.3) is 0 Å². The third-order valence-electron chi connectivity index (χ3n) is 2.96. The van der Waals surface area contributed by atoms with E-state index >= 15 is 0 Å². The summed E-state index contributed by atoms with van der Waals surface area (Å²) < 4.78 is 0. The van der Waals surface area contributed by atoms with Crippen molar-refractivity contribution in [3.05, 3.63) is 23.8 Å². The molecule has 98 valence electrons. The number of hydrogen-bond donors (Lipinski definition) is 2. The molecule has 0 spiro atoms. The second-order valence-electron chi connectivity index (χ2n) is 4.24. The summed E-state index contributed by atoms with van der Waals surface area (Å²) in [5.41, 5.74) is 8.23. The van der Waals surface area contributed by atoms with Gasteiger partial charge in [-0.15, -0.1) is 0 Å². The Labute approximate surface area is 112 Å². The lowest BCUT2D eigenvalue weighted by atomic mass is 10.1. The van der Waals surface area contributed by atoms with Gasteiger partial charge in [-0.2, -0.15) is 11.8 Å². The molecule has 0 aromatic heterocycles. The van der Waals surface area contributed by atoms with Crippen molar-refractivity contribution in [2.75, 3.05) is 41.8 Å². The lowest BCUT2D eigenvalue weighted by Crippen LogP contribution is -2.35. The van der Waals surface area contributed by atoms with Crippen LogP contribution >= 0.6 is 11.8 Å². The molecule has 4 nitrogen and oxygen atoms in total. The number of anilines is 2. The molecule has 1 aromatic carbocycles. The van der Waals surface area contributed by atoms with Gasteiger partial charge in [-0.1, -0.05) is 0 Å². The summed E-state index contributed by atoms with van der Waals surface area (Å²) in [5, 5.41) is 2.85.